The molecule has 3 aromatic rings. The Morgan fingerprint density at radius 3 is 2.45 bits per heavy atom. The number of carboxylic acid groups (broad SMARTS) is 1. The maximum Gasteiger partial charge on any atom is 0.335 e. The monoisotopic (exact) mass is 572 g/mol. The molecule has 1 aromatic heterocycles. The van der Waals surface area contributed by atoms with E-state index in [0.29, 0.717) is 44.8 Å². The number of aromatic nitrogens is 1. The molecular weight excluding hydrogens is 551 g/mol. The quantitative estimate of drug-likeness (QED) is 0.295. The summed E-state index contributed by atoms with van der Waals surface area (Å²) in [5.74, 6) is -0.331. The Balaban J connectivity index is 1.34. The van der Waals surface area contributed by atoms with E-state index in [-0.39, 0.29) is 47.1 Å². The minimum atomic E-state index is -0.980. The number of carbonyl (C=O) groups is 2. The highest BCUT2D eigenvalue weighted by atomic mass is 35.5. The first-order valence-electron chi connectivity index (χ1n) is 12.0. The molecule has 0 saturated heterocycles. The SMILES string of the molecule is NC(=C(COc1cc(Cl)c(C2CCc3cc(C(=O)O)ccc3O2)cn1)C(=O)C1CC1)c1c(Cl)cccc1Cl. The van der Waals surface area contributed by atoms with Crippen LogP contribution in [-0.4, -0.2) is 28.4 Å². The van der Waals surface area contributed by atoms with Crippen molar-refractivity contribution in [2.75, 3.05) is 6.61 Å². The zero-order valence-corrected chi connectivity index (χ0v) is 22.3. The molecule has 1 atom stereocenters. The van der Waals surface area contributed by atoms with Gasteiger partial charge in [0.15, 0.2) is 5.78 Å². The molecule has 0 radical (unpaired) electrons. The first-order chi connectivity index (χ1) is 18.2. The van der Waals surface area contributed by atoms with Crippen molar-refractivity contribution in [1.82, 2.24) is 4.98 Å². The fourth-order valence-corrected chi connectivity index (χ4v) is 5.27. The van der Waals surface area contributed by atoms with Crippen LogP contribution in [0.15, 0.2) is 54.2 Å². The van der Waals surface area contributed by atoms with E-state index >= 15 is 0 Å². The van der Waals surface area contributed by atoms with Crippen molar-refractivity contribution in [2.24, 2.45) is 11.7 Å². The van der Waals surface area contributed by atoms with Crippen molar-refractivity contribution in [3.05, 3.63) is 91.6 Å². The van der Waals surface area contributed by atoms with E-state index in [4.69, 9.17) is 50.0 Å². The number of halogens is 3. The molecule has 0 bridgehead atoms. The van der Waals surface area contributed by atoms with Gasteiger partial charge in [-0.05, 0) is 61.6 Å². The molecule has 2 aliphatic rings. The molecule has 2 heterocycles. The number of nitrogens with zero attached hydrogens (tertiary/aromatic N) is 1. The highest BCUT2D eigenvalue weighted by Gasteiger charge is 2.34. The van der Waals surface area contributed by atoms with E-state index < -0.39 is 5.97 Å². The van der Waals surface area contributed by atoms with Crippen LogP contribution in [0.3, 0.4) is 0 Å². The molecule has 1 saturated carbocycles. The summed E-state index contributed by atoms with van der Waals surface area (Å²) < 4.78 is 12.0. The number of hydrogen-bond donors (Lipinski definition) is 2. The molecule has 0 spiro atoms. The van der Waals surface area contributed by atoms with Gasteiger partial charge in [0.2, 0.25) is 5.88 Å². The van der Waals surface area contributed by atoms with Crippen molar-refractivity contribution in [2.45, 2.75) is 31.8 Å². The molecule has 0 amide bonds. The van der Waals surface area contributed by atoms with Gasteiger partial charge in [-0.25, -0.2) is 9.78 Å². The van der Waals surface area contributed by atoms with E-state index in [9.17, 15) is 14.7 Å². The van der Waals surface area contributed by atoms with Gasteiger partial charge in [-0.2, -0.15) is 0 Å². The normalized spacial score (nSPS) is 17.2. The lowest BCUT2D eigenvalue weighted by atomic mass is 9.97. The Labute approximate surface area is 234 Å². The molecule has 2 aromatic carbocycles. The molecule has 5 rings (SSSR count). The van der Waals surface area contributed by atoms with Crippen molar-refractivity contribution < 1.29 is 24.2 Å². The van der Waals surface area contributed by atoms with Crippen molar-refractivity contribution >= 4 is 52.3 Å². The standard InChI is InChI=1S/C28H23Cl3N2O5/c29-19-2-1-3-20(30)25(19)26(32)18(27(34)14-4-5-14)13-37-24-11-21(31)17(12-33-24)23-9-6-15-10-16(28(35)36)7-8-22(15)38-23/h1-3,7-8,10-12,14,23H,4-6,9,13,32H2,(H,35,36). The molecule has 38 heavy (non-hydrogen) atoms. The number of ether oxygens (including phenoxy) is 2. The zero-order chi connectivity index (χ0) is 27.0. The van der Waals surface area contributed by atoms with Crippen LogP contribution in [0.4, 0.5) is 0 Å². The largest absolute Gasteiger partial charge is 0.485 e. The minimum absolute atomic E-state index is 0.0924. The van der Waals surface area contributed by atoms with Crippen molar-refractivity contribution in [1.29, 1.82) is 0 Å². The number of aryl methyl sites for hydroxylation is 1. The summed E-state index contributed by atoms with van der Waals surface area (Å²) in [7, 11) is 0. The molecule has 1 aliphatic carbocycles. The third-order valence-electron chi connectivity index (χ3n) is 6.62. The highest BCUT2D eigenvalue weighted by molar-refractivity contribution is 6.37. The molecule has 1 unspecified atom stereocenters. The van der Waals surface area contributed by atoms with Crippen molar-refractivity contribution in [3.63, 3.8) is 0 Å². The number of nitrogens with two attached hydrogens (primary N) is 1. The smallest absolute Gasteiger partial charge is 0.335 e. The second-order valence-corrected chi connectivity index (χ2v) is 10.5. The van der Waals surface area contributed by atoms with E-state index in [1.165, 1.54) is 6.07 Å². The zero-order valence-electron chi connectivity index (χ0n) is 20.0. The fourth-order valence-electron chi connectivity index (χ4n) is 4.41. The minimum Gasteiger partial charge on any atom is -0.485 e. The van der Waals surface area contributed by atoms with E-state index in [1.807, 2.05) is 0 Å². The third-order valence-corrected chi connectivity index (χ3v) is 7.58. The van der Waals surface area contributed by atoms with Gasteiger partial charge in [0.05, 0.1) is 31.9 Å². The number of benzene rings is 2. The summed E-state index contributed by atoms with van der Waals surface area (Å²) in [6, 6.07) is 11.4. The van der Waals surface area contributed by atoms with E-state index in [1.54, 1.807) is 42.6 Å². The Morgan fingerprint density at radius 1 is 1.05 bits per heavy atom. The van der Waals surface area contributed by atoms with Crippen LogP contribution in [0.25, 0.3) is 5.70 Å². The first-order valence-corrected chi connectivity index (χ1v) is 13.1. The number of pyridine rings is 1. The van der Waals surface area contributed by atoms with Crippen LogP contribution in [0, 0.1) is 5.92 Å². The van der Waals surface area contributed by atoms with Crippen LogP contribution in [0.1, 0.15) is 52.4 Å². The molecule has 7 nitrogen and oxygen atoms in total. The van der Waals surface area contributed by atoms with E-state index in [2.05, 4.69) is 4.98 Å². The number of hydrogen-bond acceptors (Lipinski definition) is 6. The van der Waals surface area contributed by atoms with Gasteiger partial charge in [-0.3, -0.25) is 4.79 Å². The lowest BCUT2D eigenvalue weighted by Gasteiger charge is -2.27. The predicted molar refractivity (Wildman–Crippen MR) is 145 cm³/mol. The Bertz CT molecular complexity index is 1450. The van der Waals surface area contributed by atoms with Gasteiger partial charge in [0.1, 0.15) is 18.5 Å². The molecule has 196 valence electrons. The topological polar surface area (TPSA) is 112 Å². The van der Waals surface area contributed by atoms with Crippen LogP contribution in [0.5, 0.6) is 11.6 Å². The van der Waals surface area contributed by atoms with Crippen molar-refractivity contribution in [3.8, 4) is 11.6 Å². The average molecular weight is 574 g/mol. The number of ketones is 1. The Morgan fingerprint density at radius 2 is 1.79 bits per heavy atom. The summed E-state index contributed by atoms with van der Waals surface area (Å²) >= 11 is 19.2. The lowest BCUT2D eigenvalue weighted by molar-refractivity contribution is -0.117. The summed E-state index contributed by atoms with van der Waals surface area (Å²) in [5, 5.41) is 10.3. The second kappa shape index (κ2) is 10.8. The number of fused-ring (bicyclic) bond motifs is 1. The lowest BCUT2D eigenvalue weighted by Crippen LogP contribution is -2.19. The van der Waals surface area contributed by atoms with Gasteiger partial charge in [-0.15, -0.1) is 0 Å². The fraction of sp³-hybridized carbons (Fsp3) is 0.250. The Hall–Kier alpha value is -3.26. The number of carbonyl (C=O) groups excluding carboxylic acids is 1. The summed E-state index contributed by atoms with van der Waals surface area (Å²) in [5.41, 5.74) is 9.01. The van der Waals surface area contributed by atoms with E-state index in [0.717, 1.165) is 18.4 Å². The highest BCUT2D eigenvalue weighted by Crippen LogP contribution is 2.39. The predicted octanol–water partition coefficient (Wildman–Crippen LogP) is 6.53. The molecule has 10 heteroatoms. The van der Waals surface area contributed by atoms with Gasteiger partial charge in [0, 0.05) is 29.3 Å². The number of rotatable bonds is 8. The number of Topliss-reactive ketones (excluding diaryl/α,β-unsaturated/α-hetero) is 1. The van der Waals surface area contributed by atoms with Crippen LogP contribution >= 0.6 is 34.8 Å². The Kier molecular flexibility index (Phi) is 7.52. The first kappa shape index (κ1) is 26.4. The summed E-state index contributed by atoms with van der Waals surface area (Å²) in [4.78, 5) is 28.7. The second-order valence-electron chi connectivity index (χ2n) is 9.23. The van der Waals surface area contributed by atoms with Gasteiger partial charge < -0.3 is 20.3 Å². The van der Waals surface area contributed by atoms with Crippen LogP contribution in [0.2, 0.25) is 15.1 Å². The number of aromatic carboxylic acids is 1. The van der Waals surface area contributed by atoms with Gasteiger partial charge in [0.25, 0.3) is 0 Å². The summed E-state index contributed by atoms with van der Waals surface area (Å²) in [6.07, 6.45) is 4.07. The maximum atomic E-state index is 13.1. The molecule has 1 fully saturated rings. The van der Waals surface area contributed by atoms with Crippen LogP contribution in [-0.2, 0) is 11.2 Å². The summed E-state index contributed by atoms with van der Waals surface area (Å²) in [6.45, 7) is -0.120. The molecule has 3 N–H and O–H groups in total. The molecular formula is C28H23Cl3N2O5. The maximum absolute atomic E-state index is 13.1. The van der Waals surface area contributed by atoms with Crippen LogP contribution < -0.4 is 15.2 Å². The van der Waals surface area contributed by atoms with Gasteiger partial charge >= 0.3 is 5.97 Å². The molecule has 1 aliphatic heterocycles. The van der Waals surface area contributed by atoms with Gasteiger partial charge in [-0.1, -0.05) is 40.9 Å². The third kappa shape index (κ3) is 5.46. The average Bonchev–Trinajstić information content (AvgIpc) is 3.74. The number of carboxylic acids is 1.